The molecule has 2 rings (SSSR count). The third-order valence-electron chi connectivity index (χ3n) is 3.17. The Labute approximate surface area is 118 Å². The molecule has 0 aliphatic rings. The summed E-state index contributed by atoms with van der Waals surface area (Å²) in [6.07, 6.45) is 5.23. The molecule has 0 radical (unpaired) electrons. The highest BCUT2D eigenvalue weighted by molar-refractivity contribution is 6.30. The van der Waals surface area contributed by atoms with Crippen LogP contribution in [0.3, 0.4) is 0 Å². The van der Waals surface area contributed by atoms with Crippen LogP contribution in [-0.2, 0) is 18.6 Å². The van der Waals surface area contributed by atoms with Crippen LogP contribution in [0.15, 0.2) is 36.7 Å². The number of aryl methyl sites for hydroxylation is 1. The van der Waals surface area contributed by atoms with Crippen LogP contribution in [0.1, 0.15) is 31.4 Å². The van der Waals surface area contributed by atoms with Crippen LogP contribution in [0, 0.1) is 0 Å². The molecule has 4 heteroatoms. The van der Waals surface area contributed by atoms with Gasteiger partial charge in [0.25, 0.3) is 0 Å². The van der Waals surface area contributed by atoms with Gasteiger partial charge < -0.3 is 5.11 Å². The molecule has 1 aromatic heterocycles. The average molecular weight is 279 g/mol. The summed E-state index contributed by atoms with van der Waals surface area (Å²) < 4.78 is 1.87. The molecule has 0 bridgehead atoms. The zero-order valence-corrected chi connectivity index (χ0v) is 12.1. The van der Waals surface area contributed by atoms with Gasteiger partial charge in [-0.25, -0.2) is 0 Å². The Morgan fingerprint density at radius 1 is 1.32 bits per heavy atom. The lowest BCUT2D eigenvalue weighted by Gasteiger charge is -2.22. The number of hydrogen-bond donors (Lipinski definition) is 1. The first-order valence-electron chi connectivity index (χ1n) is 6.51. The van der Waals surface area contributed by atoms with Crippen LogP contribution in [0.4, 0.5) is 0 Å². The van der Waals surface area contributed by atoms with Crippen LogP contribution in [0.5, 0.6) is 0 Å². The second-order valence-electron chi connectivity index (χ2n) is 5.07. The van der Waals surface area contributed by atoms with Crippen molar-refractivity contribution in [2.24, 2.45) is 0 Å². The van der Waals surface area contributed by atoms with Crippen molar-refractivity contribution in [3.8, 4) is 0 Å². The van der Waals surface area contributed by atoms with Crippen LogP contribution in [0.2, 0.25) is 5.02 Å². The molecular weight excluding hydrogens is 260 g/mol. The van der Waals surface area contributed by atoms with E-state index in [9.17, 15) is 5.11 Å². The van der Waals surface area contributed by atoms with Crippen molar-refractivity contribution in [2.75, 3.05) is 0 Å². The van der Waals surface area contributed by atoms with Crippen LogP contribution < -0.4 is 0 Å². The van der Waals surface area contributed by atoms with E-state index in [-0.39, 0.29) is 0 Å². The molecule has 1 unspecified atom stereocenters. The van der Waals surface area contributed by atoms with Gasteiger partial charge in [0.15, 0.2) is 0 Å². The standard InChI is InChI=1S/C15H19ClN2O/c1-3-8-18-11-13(10-17-18)15(2,19)9-12-4-6-14(16)7-5-12/h4-7,10-11,19H,3,8-9H2,1-2H3. The number of aromatic nitrogens is 2. The third-order valence-corrected chi connectivity index (χ3v) is 3.42. The summed E-state index contributed by atoms with van der Waals surface area (Å²) >= 11 is 5.86. The summed E-state index contributed by atoms with van der Waals surface area (Å²) in [6, 6.07) is 7.56. The molecule has 1 heterocycles. The minimum absolute atomic E-state index is 0.544. The summed E-state index contributed by atoms with van der Waals surface area (Å²) in [6.45, 7) is 4.79. The first kappa shape index (κ1) is 14.1. The van der Waals surface area contributed by atoms with Crippen molar-refractivity contribution in [2.45, 2.75) is 38.8 Å². The van der Waals surface area contributed by atoms with Crippen molar-refractivity contribution >= 4 is 11.6 Å². The molecule has 102 valence electrons. The number of aliphatic hydroxyl groups is 1. The normalized spacial score (nSPS) is 14.3. The smallest absolute Gasteiger partial charge is 0.0939 e. The maximum Gasteiger partial charge on any atom is 0.0939 e. The van der Waals surface area contributed by atoms with E-state index in [2.05, 4.69) is 12.0 Å². The lowest BCUT2D eigenvalue weighted by molar-refractivity contribution is 0.0575. The van der Waals surface area contributed by atoms with Crippen molar-refractivity contribution in [3.05, 3.63) is 52.8 Å². The number of benzene rings is 1. The van der Waals surface area contributed by atoms with Gasteiger partial charge in [-0.1, -0.05) is 30.7 Å². The SMILES string of the molecule is CCCn1cc(C(C)(O)Cc2ccc(Cl)cc2)cn1. The third kappa shape index (κ3) is 3.58. The summed E-state index contributed by atoms with van der Waals surface area (Å²) in [4.78, 5) is 0. The number of rotatable bonds is 5. The molecule has 0 saturated heterocycles. The zero-order valence-electron chi connectivity index (χ0n) is 11.3. The lowest BCUT2D eigenvalue weighted by atomic mass is 9.91. The Morgan fingerprint density at radius 3 is 2.63 bits per heavy atom. The van der Waals surface area contributed by atoms with Crippen LogP contribution in [-0.4, -0.2) is 14.9 Å². The maximum absolute atomic E-state index is 10.6. The largest absolute Gasteiger partial charge is 0.385 e. The Kier molecular flexibility index (Phi) is 4.27. The Morgan fingerprint density at radius 2 is 2.00 bits per heavy atom. The van der Waals surface area contributed by atoms with Gasteiger partial charge in [0.05, 0.1) is 11.8 Å². The average Bonchev–Trinajstić information content (AvgIpc) is 2.82. The molecule has 1 N–H and O–H groups in total. The summed E-state index contributed by atoms with van der Waals surface area (Å²) in [5, 5.41) is 15.6. The van der Waals surface area contributed by atoms with Gasteiger partial charge >= 0.3 is 0 Å². The monoisotopic (exact) mass is 278 g/mol. The fourth-order valence-electron chi connectivity index (χ4n) is 2.09. The van der Waals surface area contributed by atoms with Gasteiger partial charge in [-0.05, 0) is 31.0 Å². The van der Waals surface area contributed by atoms with E-state index in [1.165, 1.54) is 0 Å². The molecule has 1 aromatic carbocycles. The summed E-state index contributed by atoms with van der Waals surface area (Å²) in [5.74, 6) is 0. The van der Waals surface area contributed by atoms with Crippen LogP contribution >= 0.6 is 11.6 Å². The van der Waals surface area contributed by atoms with E-state index in [1.807, 2.05) is 42.1 Å². The van der Waals surface area contributed by atoms with Gasteiger partial charge in [0, 0.05) is 29.7 Å². The number of nitrogens with zero attached hydrogens (tertiary/aromatic N) is 2. The zero-order chi connectivity index (χ0) is 13.9. The second kappa shape index (κ2) is 5.76. The lowest BCUT2D eigenvalue weighted by Crippen LogP contribution is -2.23. The van der Waals surface area contributed by atoms with Gasteiger partial charge in [0.2, 0.25) is 0 Å². The Hall–Kier alpha value is -1.32. The second-order valence-corrected chi connectivity index (χ2v) is 5.51. The van der Waals surface area contributed by atoms with E-state index >= 15 is 0 Å². The van der Waals surface area contributed by atoms with Gasteiger partial charge in [-0.2, -0.15) is 5.10 Å². The van der Waals surface area contributed by atoms with E-state index < -0.39 is 5.60 Å². The van der Waals surface area contributed by atoms with E-state index in [4.69, 9.17) is 11.6 Å². The molecular formula is C15H19ClN2O. The predicted molar refractivity (Wildman–Crippen MR) is 77.2 cm³/mol. The quantitative estimate of drug-likeness (QED) is 0.910. The maximum atomic E-state index is 10.6. The highest BCUT2D eigenvalue weighted by atomic mass is 35.5. The highest BCUT2D eigenvalue weighted by Gasteiger charge is 2.25. The minimum Gasteiger partial charge on any atom is -0.385 e. The molecule has 19 heavy (non-hydrogen) atoms. The fourth-order valence-corrected chi connectivity index (χ4v) is 2.22. The van der Waals surface area contributed by atoms with Crippen molar-refractivity contribution in [1.82, 2.24) is 9.78 Å². The predicted octanol–water partition coefficient (Wildman–Crippen LogP) is 3.40. The number of hydrogen-bond acceptors (Lipinski definition) is 2. The molecule has 0 aliphatic heterocycles. The molecule has 0 fully saturated rings. The van der Waals surface area contributed by atoms with Crippen LogP contribution in [0.25, 0.3) is 0 Å². The molecule has 0 amide bonds. The molecule has 0 spiro atoms. The first-order valence-corrected chi connectivity index (χ1v) is 6.89. The van der Waals surface area contributed by atoms with E-state index in [0.29, 0.717) is 11.4 Å². The van der Waals surface area contributed by atoms with E-state index in [0.717, 1.165) is 24.1 Å². The van der Waals surface area contributed by atoms with Crippen molar-refractivity contribution in [3.63, 3.8) is 0 Å². The Bertz CT molecular complexity index is 531. The fraction of sp³-hybridized carbons (Fsp3) is 0.400. The van der Waals surface area contributed by atoms with Crippen molar-refractivity contribution in [1.29, 1.82) is 0 Å². The van der Waals surface area contributed by atoms with Crippen molar-refractivity contribution < 1.29 is 5.11 Å². The molecule has 2 aromatic rings. The number of halogens is 1. The molecule has 1 atom stereocenters. The van der Waals surface area contributed by atoms with Gasteiger partial charge in [-0.15, -0.1) is 0 Å². The van der Waals surface area contributed by atoms with E-state index in [1.54, 1.807) is 6.20 Å². The first-order chi connectivity index (χ1) is 9.01. The molecule has 3 nitrogen and oxygen atoms in total. The molecule has 0 saturated carbocycles. The summed E-state index contributed by atoms with van der Waals surface area (Å²) in [5.41, 5.74) is 0.980. The van der Waals surface area contributed by atoms with Gasteiger partial charge in [-0.3, -0.25) is 4.68 Å². The summed E-state index contributed by atoms with van der Waals surface area (Å²) in [7, 11) is 0. The molecule has 0 aliphatic carbocycles. The van der Waals surface area contributed by atoms with Gasteiger partial charge in [0.1, 0.15) is 0 Å². The topological polar surface area (TPSA) is 38.0 Å². The minimum atomic E-state index is -0.917. The highest BCUT2D eigenvalue weighted by Crippen LogP contribution is 2.25. The Balaban J connectivity index is 2.14.